The lowest BCUT2D eigenvalue weighted by Crippen LogP contribution is -2.30. The van der Waals surface area contributed by atoms with Crippen molar-refractivity contribution in [1.29, 1.82) is 0 Å². The average molecular weight is 360 g/mol. The predicted molar refractivity (Wildman–Crippen MR) is 98.7 cm³/mol. The summed E-state index contributed by atoms with van der Waals surface area (Å²) in [6.07, 6.45) is 5.48. The first-order chi connectivity index (χ1) is 12.5. The molecule has 1 aliphatic carbocycles. The van der Waals surface area contributed by atoms with Crippen molar-refractivity contribution in [3.05, 3.63) is 29.3 Å². The van der Waals surface area contributed by atoms with Crippen LogP contribution in [0.25, 0.3) is 0 Å². The van der Waals surface area contributed by atoms with Crippen LogP contribution in [0.3, 0.4) is 0 Å². The van der Waals surface area contributed by atoms with Gasteiger partial charge in [0.15, 0.2) is 0 Å². The molecular formula is C21H28O5. The number of ketones is 2. The number of hydrogen-bond donors (Lipinski definition) is 0. The van der Waals surface area contributed by atoms with Crippen LogP contribution in [0.4, 0.5) is 0 Å². The third-order valence-corrected chi connectivity index (χ3v) is 4.48. The Morgan fingerprint density at radius 3 is 2.42 bits per heavy atom. The summed E-state index contributed by atoms with van der Waals surface area (Å²) >= 11 is 0. The van der Waals surface area contributed by atoms with E-state index in [1.54, 1.807) is 32.0 Å². The molecule has 1 unspecified atom stereocenters. The van der Waals surface area contributed by atoms with E-state index in [2.05, 4.69) is 6.92 Å². The van der Waals surface area contributed by atoms with Gasteiger partial charge in [0, 0.05) is 5.56 Å². The molecule has 0 aromatic heterocycles. The van der Waals surface area contributed by atoms with E-state index in [4.69, 9.17) is 9.47 Å². The quantitative estimate of drug-likeness (QED) is 0.352. The molecule has 1 atom stereocenters. The Bertz CT molecular complexity index is 662. The van der Waals surface area contributed by atoms with Gasteiger partial charge in [-0.1, -0.05) is 65.0 Å². The second-order valence-corrected chi connectivity index (χ2v) is 7.00. The molecule has 5 heteroatoms. The zero-order valence-electron chi connectivity index (χ0n) is 15.9. The summed E-state index contributed by atoms with van der Waals surface area (Å²) in [4.78, 5) is 36.8. The largest absolute Gasteiger partial charge is 0.493 e. The minimum atomic E-state index is -1.38. The van der Waals surface area contributed by atoms with Crippen LogP contribution in [0.15, 0.2) is 18.2 Å². The van der Waals surface area contributed by atoms with Gasteiger partial charge >= 0.3 is 5.97 Å². The summed E-state index contributed by atoms with van der Waals surface area (Å²) in [5.74, 6) is -1.51. The fraction of sp³-hybridized carbons (Fsp3) is 0.571. The lowest BCUT2D eigenvalue weighted by Gasteiger charge is -2.11. The van der Waals surface area contributed by atoms with Crippen LogP contribution < -0.4 is 4.74 Å². The van der Waals surface area contributed by atoms with Gasteiger partial charge in [-0.05, 0) is 12.5 Å². The number of carbonyl (C=O) groups is 3. The van der Waals surface area contributed by atoms with E-state index in [0.29, 0.717) is 12.4 Å². The molecule has 142 valence electrons. The molecule has 26 heavy (non-hydrogen) atoms. The normalized spacial score (nSPS) is 16.1. The van der Waals surface area contributed by atoms with E-state index in [1.807, 2.05) is 0 Å². The Hall–Kier alpha value is -2.17. The predicted octanol–water partition coefficient (Wildman–Crippen LogP) is 4.37. The lowest BCUT2D eigenvalue weighted by molar-refractivity contribution is -0.148. The van der Waals surface area contributed by atoms with E-state index >= 15 is 0 Å². The molecule has 5 nitrogen and oxygen atoms in total. The van der Waals surface area contributed by atoms with Gasteiger partial charge in [0.25, 0.3) is 0 Å². The Balaban J connectivity index is 1.99. The maximum atomic E-state index is 12.6. The molecule has 0 saturated carbocycles. The van der Waals surface area contributed by atoms with Crippen molar-refractivity contribution in [3.8, 4) is 5.75 Å². The minimum Gasteiger partial charge on any atom is -0.493 e. The minimum absolute atomic E-state index is 0.241. The molecule has 1 aromatic carbocycles. The number of esters is 1. The summed E-state index contributed by atoms with van der Waals surface area (Å²) in [7, 11) is 0. The molecular weight excluding hydrogens is 332 g/mol. The molecule has 0 bridgehead atoms. The number of rotatable bonds is 10. The molecule has 0 radical (unpaired) electrons. The molecule has 0 spiro atoms. The first-order valence-corrected chi connectivity index (χ1v) is 9.52. The van der Waals surface area contributed by atoms with Crippen molar-refractivity contribution < 1.29 is 23.9 Å². The molecule has 1 aliphatic rings. The lowest BCUT2D eigenvalue weighted by atomic mass is 10.1. The number of unbranched alkanes of at least 4 members (excludes halogenated alkanes) is 5. The molecule has 0 fully saturated rings. The van der Waals surface area contributed by atoms with Crippen LogP contribution in [0.2, 0.25) is 0 Å². The number of Topliss-reactive ketones (excluding diaryl/α,β-unsaturated/α-hetero) is 2. The number of carbonyl (C=O) groups excluding carboxylic acids is 3. The summed E-state index contributed by atoms with van der Waals surface area (Å²) < 4.78 is 10.9. The second kappa shape index (κ2) is 9.51. The zero-order valence-corrected chi connectivity index (χ0v) is 15.9. The van der Waals surface area contributed by atoms with Gasteiger partial charge in [-0.2, -0.15) is 0 Å². The Kier molecular flexibility index (Phi) is 7.37. The van der Waals surface area contributed by atoms with Crippen molar-refractivity contribution in [2.24, 2.45) is 5.92 Å². The molecule has 0 aliphatic heterocycles. The number of fused-ring (bicyclic) bond motifs is 1. The maximum absolute atomic E-state index is 12.6. The molecule has 0 N–H and O–H groups in total. The standard InChI is InChI=1S/C21H28O5/c1-4-5-6-7-8-9-13-25-16-12-10-11-15-17(16)19(23)20(18(15)22)26-21(24)14(2)3/h10-12,14,20H,4-9,13H2,1-3H3. The molecule has 1 aromatic rings. The topological polar surface area (TPSA) is 69.7 Å². The fourth-order valence-corrected chi connectivity index (χ4v) is 2.93. The van der Waals surface area contributed by atoms with Gasteiger partial charge < -0.3 is 9.47 Å². The van der Waals surface area contributed by atoms with Gasteiger partial charge in [0.1, 0.15) is 5.75 Å². The summed E-state index contributed by atoms with van der Waals surface area (Å²) in [6, 6.07) is 4.96. The van der Waals surface area contributed by atoms with E-state index in [-0.39, 0.29) is 11.1 Å². The zero-order chi connectivity index (χ0) is 19.1. The summed E-state index contributed by atoms with van der Waals surface area (Å²) in [5, 5.41) is 0. The highest BCUT2D eigenvalue weighted by atomic mass is 16.6. The molecule has 0 amide bonds. The van der Waals surface area contributed by atoms with E-state index in [9.17, 15) is 14.4 Å². The van der Waals surface area contributed by atoms with Gasteiger partial charge in [-0.3, -0.25) is 14.4 Å². The maximum Gasteiger partial charge on any atom is 0.309 e. The van der Waals surface area contributed by atoms with Crippen LogP contribution in [0.5, 0.6) is 5.75 Å². The van der Waals surface area contributed by atoms with Crippen LogP contribution in [-0.4, -0.2) is 30.2 Å². The van der Waals surface area contributed by atoms with Gasteiger partial charge in [-0.25, -0.2) is 0 Å². The summed E-state index contributed by atoms with van der Waals surface area (Å²) in [6.45, 7) is 6.01. The second-order valence-electron chi connectivity index (χ2n) is 7.00. The van der Waals surface area contributed by atoms with E-state index in [0.717, 1.165) is 12.8 Å². The van der Waals surface area contributed by atoms with Crippen molar-refractivity contribution in [3.63, 3.8) is 0 Å². The Morgan fingerprint density at radius 2 is 1.73 bits per heavy atom. The number of hydrogen-bond acceptors (Lipinski definition) is 5. The highest BCUT2D eigenvalue weighted by Gasteiger charge is 2.43. The van der Waals surface area contributed by atoms with E-state index < -0.39 is 29.6 Å². The highest BCUT2D eigenvalue weighted by molar-refractivity contribution is 6.30. The van der Waals surface area contributed by atoms with Crippen molar-refractivity contribution in [1.82, 2.24) is 0 Å². The van der Waals surface area contributed by atoms with Crippen molar-refractivity contribution in [2.45, 2.75) is 65.4 Å². The van der Waals surface area contributed by atoms with Crippen molar-refractivity contribution >= 4 is 17.5 Å². The first-order valence-electron chi connectivity index (χ1n) is 9.52. The van der Waals surface area contributed by atoms with Crippen LogP contribution in [-0.2, 0) is 9.53 Å². The third kappa shape index (κ3) is 4.71. The van der Waals surface area contributed by atoms with Crippen LogP contribution in [0.1, 0.15) is 80.0 Å². The monoisotopic (exact) mass is 360 g/mol. The van der Waals surface area contributed by atoms with E-state index in [1.165, 1.54) is 25.7 Å². The molecule has 2 rings (SSSR count). The SMILES string of the molecule is CCCCCCCCOc1cccc2c1C(=O)C(OC(=O)C(C)C)C2=O. The average Bonchev–Trinajstić information content (AvgIpc) is 2.86. The number of ether oxygens (including phenoxy) is 2. The van der Waals surface area contributed by atoms with Crippen LogP contribution in [0, 0.1) is 5.92 Å². The molecule has 0 saturated heterocycles. The summed E-state index contributed by atoms with van der Waals surface area (Å²) in [5.41, 5.74) is 0.516. The van der Waals surface area contributed by atoms with Gasteiger partial charge in [0.2, 0.25) is 17.7 Å². The molecule has 0 heterocycles. The highest BCUT2D eigenvalue weighted by Crippen LogP contribution is 2.32. The Labute approximate surface area is 155 Å². The Morgan fingerprint density at radius 1 is 1.04 bits per heavy atom. The fourth-order valence-electron chi connectivity index (χ4n) is 2.93. The van der Waals surface area contributed by atoms with Gasteiger partial charge in [-0.15, -0.1) is 0 Å². The third-order valence-electron chi connectivity index (χ3n) is 4.48. The number of benzene rings is 1. The van der Waals surface area contributed by atoms with Crippen LogP contribution >= 0.6 is 0 Å². The van der Waals surface area contributed by atoms with Gasteiger partial charge in [0.05, 0.1) is 18.1 Å². The smallest absolute Gasteiger partial charge is 0.309 e. The first kappa shape index (κ1) is 20.1. The van der Waals surface area contributed by atoms with Crippen molar-refractivity contribution in [2.75, 3.05) is 6.61 Å².